The maximum absolute atomic E-state index is 12.7. The van der Waals surface area contributed by atoms with Gasteiger partial charge in [-0.05, 0) is 12.8 Å². The zero-order chi connectivity index (χ0) is 43.2. The second-order valence-electron chi connectivity index (χ2n) is 18.6. The number of aliphatic hydroxyl groups excluding tert-OH is 1. The van der Waals surface area contributed by atoms with Gasteiger partial charge in [0.15, 0.2) is 0 Å². The molecule has 354 valence electrons. The van der Waals surface area contributed by atoms with E-state index in [-0.39, 0.29) is 5.91 Å². The first-order valence-corrected chi connectivity index (χ1v) is 28.0. The Kier molecular flexibility index (Phi) is 46.7. The van der Waals surface area contributed by atoms with Crippen molar-refractivity contribution < 1.29 is 28.8 Å². The Labute approximate surface area is 368 Å². The van der Waals surface area contributed by atoms with E-state index in [4.69, 9.17) is 4.52 Å². The maximum atomic E-state index is 12.7. The predicted molar refractivity (Wildman–Crippen MR) is 255 cm³/mol. The van der Waals surface area contributed by atoms with E-state index >= 15 is 0 Å². The van der Waals surface area contributed by atoms with Crippen molar-refractivity contribution in [1.29, 1.82) is 0 Å². The molecule has 0 aromatic carbocycles. The molecule has 7 nitrogen and oxygen atoms in total. The van der Waals surface area contributed by atoms with Gasteiger partial charge in [0.2, 0.25) is 5.91 Å². The van der Waals surface area contributed by atoms with Crippen LogP contribution in [0.5, 0.6) is 0 Å². The second kappa shape index (κ2) is 47.0. The largest absolute Gasteiger partial charge is 0.469 e. The van der Waals surface area contributed by atoms with E-state index < -0.39 is 26.6 Å². The first-order chi connectivity index (χ1) is 28.8. The average molecular weight is 858 g/mol. The molecule has 0 aromatic rings. The van der Waals surface area contributed by atoms with E-state index in [0.29, 0.717) is 12.8 Å². The van der Waals surface area contributed by atoms with Gasteiger partial charge in [0, 0.05) is 6.42 Å². The van der Waals surface area contributed by atoms with Gasteiger partial charge in [0.25, 0.3) is 0 Å². The van der Waals surface area contributed by atoms with Crippen molar-refractivity contribution in [3.05, 3.63) is 0 Å². The minimum Gasteiger partial charge on any atom is -0.391 e. The summed E-state index contributed by atoms with van der Waals surface area (Å²) in [5.74, 6) is -0.185. The Morgan fingerprint density at radius 1 is 0.424 bits per heavy atom. The van der Waals surface area contributed by atoms with Gasteiger partial charge in [-0.15, -0.1) is 0 Å². The van der Waals surface area contributed by atoms with Crippen LogP contribution >= 0.6 is 7.82 Å². The fourth-order valence-corrected chi connectivity index (χ4v) is 8.94. The lowest BCUT2D eigenvalue weighted by molar-refractivity contribution is -0.123. The van der Waals surface area contributed by atoms with Crippen molar-refractivity contribution in [3.63, 3.8) is 0 Å². The quantitative estimate of drug-likeness (QED) is 0.0358. The minimum atomic E-state index is -4.69. The summed E-state index contributed by atoms with van der Waals surface area (Å²) in [5.41, 5.74) is 0. The molecule has 2 atom stereocenters. The zero-order valence-electron chi connectivity index (χ0n) is 39.7. The molecule has 1 amide bonds. The van der Waals surface area contributed by atoms with Gasteiger partial charge >= 0.3 is 7.82 Å². The smallest absolute Gasteiger partial charge is 0.391 e. The topological polar surface area (TPSA) is 116 Å². The number of hydrogen-bond donors (Lipinski definition) is 4. The summed E-state index contributed by atoms with van der Waals surface area (Å²) in [5, 5.41) is 13.6. The van der Waals surface area contributed by atoms with Crippen LogP contribution in [0, 0.1) is 0 Å². The summed E-state index contributed by atoms with van der Waals surface area (Å²) < 4.78 is 16.0. The lowest BCUT2D eigenvalue weighted by Crippen LogP contribution is -2.46. The van der Waals surface area contributed by atoms with Gasteiger partial charge in [0.1, 0.15) is 0 Å². The summed E-state index contributed by atoms with van der Waals surface area (Å²) in [7, 11) is -4.69. The molecule has 0 unspecified atom stereocenters. The third kappa shape index (κ3) is 48.4. The molecule has 0 spiro atoms. The van der Waals surface area contributed by atoms with Crippen LogP contribution in [0.3, 0.4) is 0 Å². The molecule has 0 bridgehead atoms. The van der Waals surface area contributed by atoms with Crippen molar-refractivity contribution >= 4 is 13.7 Å². The molecule has 0 aromatic heterocycles. The number of rotatable bonds is 50. The monoisotopic (exact) mass is 858 g/mol. The third-order valence-electron chi connectivity index (χ3n) is 12.6. The standard InChI is InChI=1S/C51H104NO6P/c1-3-5-7-9-11-13-15-17-19-21-22-23-24-25-26-27-28-29-31-33-35-37-39-41-43-45-47-51(54)52-49(48-58-59(55,56)57)50(53)46-44-42-40-38-36-34-32-30-20-18-16-14-12-10-8-6-4-2/h49-50,53H,3-48H2,1-2H3,(H,52,54)(H2,55,56,57)/t49-,50+/m0/s1. The number of phosphoric acid groups is 1. The molecule has 8 heteroatoms. The molecule has 4 N–H and O–H groups in total. The van der Waals surface area contributed by atoms with Crippen LogP contribution in [0.25, 0.3) is 0 Å². The summed E-state index contributed by atoms with van der Waals surface area (Å²) in [6, 6.07) is -0.819. The van der Waals surface area contributed by atoms with E-state index in [2.05, 4.69) is 19.2 Å². The molecule has 0 aliphatic heterocycles. The van der Waals surface area contributed by atoms with Gasteiger partial charge in [-0.1, -0.05) is 284 Å². The van der Waals surface area contributed by atoms with Gasteiger partial charge in [-0.25, -0.2) is 4.57 Å². The lowest BCUT2D eigenvalue weighted by atomic mass is 10.0. The SMILES string of the molecule is CCCCCCCCCCCCCCCCCCCCCCCCCCCCC(=O)N[C@@H](COP(=O)(O)O)[C@H](O)CCCCCCCCCCCCCCCCCCC. The fraction of sp³-hybridized carbons (Fsp3) is 0.980. The predicted octanol–water partition coefficient (Wildman–Crippen LogP) is 16.5. The molecule has 0 heterocycles. The summed E-state index contributed by atoms with van der Waals surface area (Å²) in [6.07, 6.45) is 56.9. The summed E-state index contributed by atoms with van der Waals surface area (Å²) >= 11 is 0. The van der Waals surface area contributed by atoms with E-state index in [1.54, 1.807) is 0 Å². The minimum absolute atomic E-state index is 0.185. The number of phosphoric ester groups is 1. The molecule has 59 heavy (non-hydrogen) atoms. The highest BCUT2D eigenvalue weighted by atomic mass is 31.2. The highest BCUT2D eigenvalue weighted by molar-refractivity contribution is 7.46. The van der Waals surface area contributed by atoms with E-state index in [1.807, 2.05) is 0 Å². The number of carbonyl (C=O) groups excluding carboxylic acids is 1. The average Bonchev–Trinajstić information content (AvgIpc) is 3.21. The Morgan fingerprint density at radius 3 is 0.915 bits per heavy atom. The highest BCUT2D eigenvalue weighted by Gasteiger charge is 2.25. The molecular formula is C51H104NO6P. The van der Waals surface area contributed by atoms with Gasteiger partial charge < -0.3 is 20.2 Å². The van der Waals surface area contributed by atoms with Crippen LogP contribution in [0.15, 0.2) is 0 Å². The van der Waals surface area contributed by atoms with Crippen LogP contribution in [-0.2, 0) is 13.9 Å². The Balaban J connectivity index is 3.72. The number of nitrogens with one attached hydrogen (secondary N) is 1. The summed E-state index contributed by atoms with van der Waals surface area (Å²) in [4.78, 5) is 31.1. The van der Waals surface area contributed by atoms with Crippen LogP contribution in [0.2, 0.25) is 0 Å². The van der Waals surface area contributed by atoms with E-state index in [0.717, 1.165) is 38.5 Å². The molecule has 0 saturated carbocycles. The van der Waals surface area contributed by atoms with Crippen molar-refractivity contribution in [2.75, 3.05) is 6.61 Å². The fourth-order valence-electron chi connectivity index (χ4n) is 8.59. The first-order valence-electron chi connectivity index (χ1n) is 26.5. The highest BCUT2D eigenvalue weighted by Crippen LogP contribution is 2.36. The van der Waals surface area contributed by atoms with E-state index in [1.165, 1.54) is 238 Å². The number of unbranched alkanes of at least 4 members (excludes halogenated alkanes) is 41. The molecule has 0 saturated heterocycles. The first kappa shape index (κ1) is 58.5. The number of amides is 1. The number of hydrogen-bond acceptors (Lipinski definition) is 4. The normalized spacial score (nSPS) is 13.0. The Hall–Kier alpha value is -0.460. The molecule has 0 aliphatic carbocycles. The lowest BCUT2D eigenvalue weighted by Gasteiger charge is -2.24. The van der Waals surface area contributed by atoms with Crippen molar-refractivity contribution in [1.82, 2.24) is 5.32 Å². The van der Waals surface area contributed by atoms with Crippen LogP contribution in [0.1, 0.15) is 303 Å². The van der Waals surface area contributed by atoms with Gasteiger partial charge in [-0.2, -0.15) is 0 Å². The van der Waals surface area contributed by atoms with Gasteiger partial charge in [-0.3, -0.25) is 9.32 Å². The second-order valence-corrected chi connectivity index (χ2v) is 19.8. The third-order valence-corrected chi connectivity index (χ3v) is 13.1. The molecule has 0 fully saturated rings. The van der Waals surface area contributed by atoms with Gasteiger partial charge in [0.05, 0.1) is 18.8 Å². The molecular weight excluding hydrogens is 754 g/mol. The van der Waals surface area contributed by atoms with Crippen molar-refractivity contribution in [2.45, 2.75) is 315 Å². The van der Waals surface area contributed by atoms with E-state index in [9.17, 15) is 24.3 Å². The van der Waals surface area contributed by atoms with Crippen LogP contribution in [0.4, 0.5) is 0 Å². The molecule has 0 radical (unpaired) electrons. The van der Waals surface area contributed by atoms with Crippen LogP contribution < -0.4 is 5.32 Å². The molecule has 0 rings (SSSR count). The Bertz CT molecular complexity index is 884. The zero-order valence-corrected chi connectivity index (χ0v) is 40.6. The number of carbonyl (C=O) groups is 1. The Morgan fingerprint density at radius 2 is 0.661 bits per heavy atom. The number of aliphatic hydroxyl groups is 1. The van der Waals surface area contributed by atoms with Crippen LogP contribution in [-0.4, -0.2) is 39.6 Å². The van der Waals surface area contributed by atoms with Crippen molar-refractivity contribution in [2.24, 2.45) is 0 Å². The summed E-state index contributed by atoms with van der Waals surface area (Å²) in [6.45, 7) is 4.17. The van der Waals surface area contributed by atoms with Crippen molar-refractivity contribution in [3.8, 4) is 0 Å². The maximum Gasteiger partial charge on any atom is 0.469 e. The molecule has 0 aliphatic rings.